The minimum Gasteiger partial charge on any atom is -0.501 e. The van der Waals surface area contributed by atoms with E-state index in [1.165, 1.54) is 24.5 Å². The van der Waals surface area contributed by atoms with Crippen molar-refractivity contribution < 1.29 is 22.7 Å². The lowest BCUT2D eigenvalue weighted by molar-refractivity contribution is -0.116. The summed E-state index contributed by atoms with van der Waals surface area (Å²) in [5.74, 6) is -0.952. The second kappa shape index (κ2) is 6.84. The summed E-state index contributed by atoms with van der Waals surface area (Å²) in [6.07, 6.45) is 3.74. The van der Waals surface area contributed by atoms with Crippen LogP contribution in [0.2, 0.25) is 5.02 Å². The summed E-state index contributed by atoms with van der Waals surface area (Å²) in [6.45, 7) is 2.07. The first kappa shape index (κ1) is 17.7. The summed E-state index contributed by atoms with van der Waals surface area (Å²) in [7, 11) is -3.42. The highest BCUT2D eigenvalue weighted by Gasteiger charge is 2.35. The molecule has 1 fully saturated rings. The van der Waals surface area contributed by atoms with Gasteiger partial charge in [-0.2, -0.15) is 0 Å². The number of benzene rings is 1. The van der Waals surface area contributed by atoms with Crippen LogP contribution in [0.4, 0.5) is 0 Å². The third-order valence-electron chi connectivity index (χ3n) is 3.44. The molecule has 0 N–H and O–H groups in total. The maximum absolute atomic E-state index is 12.6. The number of Topliss-reactive ketones (excluding diaryl/α,β-unsaturated/α-hetero) is 2. The van der Waals surface area contributed by atoms with E-state index in [1.807, 2.05) is 0 Å². The fourth-order valence-electron chi connectivity index (χ4n) is 2.01. The lowest BCUT2D eigenvalue weighted by atomic mass is 9.98. The van der Waals surface area contributed by atoms with Gasteiger partial charge in [-0.15, -0.1) is 0 Å². The van der Waals surface area contributed by atoms with Gasteiger partial charge in [-0.25, -0.2) is 8.42 Å². The normalized spacial score (nSPS) is 15.3. The van der Waals surface area contributed by atoms with Gasteiger partial charge in [-0.1, -0.05) is 11.6 Å². The average Bonchev–Trinajstić information content (AvgIpc) is 3.30. The van der Waals surface area contributed by atoms with E-state index in [-0.39, 0.29) is 32.8 Å². The number of ketones is 2. The van der Waals surface area contributed by atoms with E-state index in [9.17, 15) is 18.0 Å². The van der Waals surface area contributed by atoms with Crippen molar-refractivity contribution in [3.05, 3.63) is 40.6 Å². The zero-order valence-electron chi connectivity index (χ0n) is 12.8. The Morgan fingerprint density at radius 2 is 2.00 bits per heavy atom. The van der Waals surface area contributed by atoms with Gasteiger partial charge in [-0.05, 0) is 38.0 Å². The Hall–Kier alpha value is -1.66. The molecule has 0 amide bonds. The highest BCUT2D eigenvalue weighted by atomic mass is 35.5. The molecule has 7 heteroatoms. The van der Waals surface area contributed by atoms with Crippen molar-refractivity contribution >= 4 is 33.0 Å². The molecule has 0 saturated heterocycles. The van der Waals surface area contributed by atoms with E-state index < -0.39 is 15.6 Å². The molecule has 1 aromatic carbocycles. The van der Waals surface area contributed by atoms with Gasteiger partial charge in [0, 0.05) is 17.7 Å². The smallest absolute Gasteiger partial charge is 0.201 e. The molecule has 0 bridgehead atoms. The van der Waals surface area contributed by atoms with Gasteiger partial charge in [0.1, 0.15) is 5.57 Å². The molecule has 2 rings (SSSR count). The van der Waals surface area contributed by atoms with Crippen LogP contribution in [-0.2, 0) is 19.4 Å². The van der Waals surface area contributed by atoms with Crippen LogP contribution in [0.25, 0.3) is 0 Å². The highest BCUT2D eigenvalue weighted by molar-refractivity contribution is 7.90. The number of allylic oxidation sites excluding steroid dienone is 1. The summed E-state index contributed by atoms with van der Waals surface area (Å²) < 4.78 is 28.1. The molecule has 0 heterocycles. The number of sulfone groups is 1. The molecule has 0 atom stereocenters. The number of hydrogen-bond donors (Lipinski definition) is 0. The van der Waals surface area contributed by atoms with E-state index >= 15 is 0 Å². The number of hydrogen-bond acceptors (Lipinski definition) is 5. The van der Waals surface area contributed by atoms with Crippen molar-refractivity contribution in [2.75, 3.05) is 12.9 Å². The van der Waals surface area contributed by atoms with Crippen molar-refractivity contribution in [2.45, 2.75) is 24.7 Å². The van der Waals surface area contributed by atoms with Crippen LogP contribution in [0.5, 0.6) is 0 Å². The van der Waals surface area contributed by atoms with E-state index in [1.54, 1.807) is 6.92 Å². The van der Waals surface area contributed by atoms with Crippen LogP contribution in [-0.4, -0.2) is 32.8 Å². The lowest BCUT2D eigenvalue weighted by Crippen LogP contribution is -2.16. The van der Waals surface area contributed by atoms with Crippen molar-refractivity contribution in [2.24, 2.45) is 5.92 Å². The number of ether oxygens (including phenoxy) is 1. The zero-order valence-corrected chi connectivity index (χ0v) is 14.4. The second-order valence-corrected chi connectivity index (χ2v) is 7.79. The summed E-state index contributed by atoms with van der Waals surface area (Å²) in [6, 6.07) is 3.83. The van der Waals surface area contributed by atoms with Crippen LogP contribution in [0.3, 0.4) is 0 Å². The summed E-state index contributed by atoms with van der Waals surface area (Å²) in [5, 5.41) is -0.0103. The molecule has 1 aliphatic rings. The third-order valence-corrected chi connectivity index (χ3v) is 4.86. The topological polar surface area (TPSA) is 77.5 Å². The van der Waals surface area contributed by atoms with Crippen LogP contribution in [0.1, 0.15) is 30.1 Å². The minimum atomic E-state index is -3.42. The first-order valence-corrected chi connectivity index (χ1v) is 9.43. The molecule has 5 nitrogen and oxygen atoms in total. The summed E-state index contributed by atoms with van der Waals surface area (Å²) in [5.41, 5.74) is 0.0300. The van der Waals surface area contributed by atoms with Gasteiger partial charge < -0.3 is 4.74 Å². The van der Waals surface area contributed by atoms with Crippen LogP contribution < -0.4 is 0 Å². The molecule has 0 radical (unpaired) electrons. The van der Waals surface area contributed by atoms with E-state index in [4.69, 9.17) is 16.3 Å². The SMILES string of the molecule is CCOC=C(C(=O)c1ccc(S(C)(=O)=O)cc1Cl)C(=O)C1CC1. The summed E-state index contributed by atoms with van der Waals surface area (Å²) in [4.78, 5) is 24.9. The van der Waals surface area contributed by atoms with Crippen molar-refractivity contribution in [3.8, 4) is 0 Å². The molecule has 0 spiro atoms. The highest BCUT2D eigenvalue weighted by Crippen LogP contribution is 2.34. The summed E-state index contributed by atoms with van der Waals surface area (Å²) >= 11 is 6.04. The first-order valence-electron chi connectivity index (χ1n) is 7.16. The van der Waals surface area contributed by atoms with Gasteiger partial charge in [0.2, 0.25) is 5.78 Å². The minimum absolute atomic E-state index is 0.0103. The fraction of sp³-hybridized carbons (Fsp3) is 0.375. The molecule has 1 saturated carbocycles. The zero-order chi connectivity index (χ0) is 17.2. The Balaban J connectivity index is 2.38. The largest absolute Gasteiger partial charge is 0.501 e. The van der Waals surface area contributed by atoms with E-state index in [0.717, 1.165) is 19.1 Å². The van der Waals surface area contributed by atoms with Crippen LogP contribution in [0.15, 0.2) is 34.9 Å². The monoisotopic (exact) mass is 356 g/mol. The molecule has 0 unspecified atom stereocenters. The fourth-order valence-corrected chi connectivity index (χ4v) is 2.99. The molecular formula is C16H17ClO5S. The van der Waals surface area contributed by atoms with E-state index in [2.05, 4.69) is 0 Å². The maximum Gasteiger partial charge on any atom is 0.201 e. The number of rotatable bonds is 7. The maximum atomic E-state index is 12.6. The quantitative estimate of drug-likeness (QED) is 0.247. The van der Waals surface area contributed by atoms with Gasteiger partial charge in [0.25, 0.3) is 0 Å². The van der Waals surface area contributed by atoms with Crippen molar-refractivity contribution in [1.82, 2.24) is 0 Å². The average molecular weight is 357 g/mol. The molecule has 1 aromatic rings. The number of carbonyl (C=O) groups is 2. The van der Waals surface area contributed by atoms with Crippen LogP contribution >= 0.6 is 11.6 Å². The van der Waals surface area contributed by atoms with Gasteiger partial charge >= 0.3 is 0 Å². The lowest BCUT2D eigenvalue weighted by Gasteiger charge is -2.08. The Morgan fingerprint density at radius 1 is 1.35 bits per heavy atom. The van der Waals surface area contributed by atoms with Gasteiger partial charge in [-0.3, -0.25) is 9.59 Å². The van der Waals surface area contributed by atoms with E-state index in [0.29, 0.717) is 6.61 Å². The Kier molecular flexibility index (Phi) is 5.26. The van der Waals surface area contributed by atoms with Crippen molar-refractivity contribution in [3.63, 3.8) is 0 Å². The molecule has 0 aliphatic heterocycles. The molecule has 0 aromatic heterocycles. The molecule has 124 valence electrons. The first-order chi connectivity index (χ1) is 10.8. The number of halogens is 1. The molecule has 1 aliphatic carbocycles. The predicted molar refractivity (Wildman–Crippen MR) is 86.3 cm³/mol. The predicted octanol–water partition coefficient (Wildman–Crippen LogP) is 2.83. The molecule has 23 heavy (non-hydrogen) atoms. The number of carbonyl (C=O) groups excluding carboxylic acids is 2. The second-order valence-electron chi connectivity index (χ2n) is 5.37. The van der Waals surface area contributed by atoms with Gasteiger partial charge in [0.05, 0.1) is 22.8 Å². The van der Waals surface area contributed by atoms with Crippen molar-refractivity contribution in [1.29, 1.82) is 0 Å². The van der Waals surface area contributed by atoms with Gasteiger partial charge in [0.15, 0.2) is 15.6 Å². The van der Waals surface area contributed by atoms with Crippen LogP contribution in [0, 0.1) is 5.92 Å². The Morgan fingerprint density at radius 3 is 2.48 bits per heavy atom. The molecular weight excluding hydrogens is 340 g/mol. The standard InChI is InChI=1S/C16H17ClO5S/c1-3-22-9-13(15(18)10-4-5-10)16(19)12-7-6-11(8-14(12)17)23(2,20)21/h6-10H,3-5H2,1-2H3. The third kappa shape index (κ3) is 4.20. The Labute approximate surface area is 140 Å². The Bertz CT molecular complexity index is 776.